The molecule has 0 bridgehead atoms. The van der Waals surface area contributed by atoms with Crippen LogP contribution in [0.2, 0.25) is 0 Å². The molecule has 1 atom stereocenters. The van der Waals surface area contributed by atoms with Gasteiger partial charge in [0.2, 0.25) is 0 Å². The number of hydrogen-bond acceptors (Lipinski definition) is 4. The zero-order valence-corrected chi connectivity index (χ0v) is 10.4. The van der Waals surface area contributed by atoms with Crippen molar-refractivity contribution >= 4 is 5.97 Å². The second-order valence-electron chi connectivity index (χ2n) is 4.59. The fourth-order valence-electron chi connectivity index (χ4n) is 1.38. The standard InChI is InChI=1S/C11H23NO3/c1-6-15-10(13)7-9(2)12(5)8-11(3,4)14/h9,14H,6-8H2,1-5H3. The highest BCUT2D eigenvalue weighted by atomic mass is 16.5. The maximum Gasteiger partial charge on any atom is 0.307 e. The highest BCUT2D eigenvalue weighted by Gasteiger charge is 2.21. The lowest BCUT2D eigenvalue weighted by atomic mass is 10.1. The van der Waals surface area contributed by atoms with Crippen molar-refractivity contribution < 1.29 is 14.6 Å². The molecule has 0 fully saturated rings. The van der Waals surface area contributed by atoms with Crippen LogP contribution in [0, 0.1) is 0 Å². The third kappa shape index (κ3) is 7.33. The molecule has 0 aliphatic rings. The molecule has 0 saturated heterocycles. The summed E-state index contributed by atoms with van der Waals surface area (Å²) in [5.41, 5.74) is -0.738. The Morgan fingerprint density at radius 3 is 2.47 bits per heavy atom. The maximum atomic E-state index is 11.2. The summed E-state index contributed by atoms with van der Waals surface area (Å²) in [5.74, 6) is -0.187. The SMILES string of the molecule is CCOC(=O)CC(C)N(C)CC(C)(C)O. The number of nitrogens with zero attached hydrogens (tertiary/aromatic N) is 1. The first kappa shape index (κ1) is 14.4. The number of likely N-dealkylation sites (N-methyl/N-ethyl adjacent to an activating group) is 1. The Bertz CT molecular complexity index is 198. The van der Waals surface area contributed by atoms with Crippen LogP contribution in [0.1, 0.15) is 34.1 Å². The Morgan fingerprint density at radius 1 is 1.53 bits per heavy atom. The van der Waals surface area contributed by atoms with E-state index in [1.807, 2.05) is 18.9 Å². The van der Waals surface area contributed by atoms with Crippen LogP contribution in [0.4, 0.5) is 0 Å². The molecular formula is C11H23NO3. The predicted octanol–water partition coefficient (Wildman–Crippen LogP) is 1.03. The van der Waals surface area contributed by atoms with Crippen LogP contribution < -0.4 is 0 Å². The number of esters is 1. The first-order chi connectivity index (χ1) is 6.76. The number of aliphatic hydroxyl groups is 1. The molecule has 0 aromatic rings. The molecule has 0 spiro atoms. The highest BCUT2D eigenvalue weighted by molar-refractivity contribution is 5.69. The Morgan fingerprint density at radius 2 is 2.07 bits per heavy atom. The number of carbonyl (C=O) groups excluding carboxylic acids is 1. The summed E-state index contributed by atoms with van der Waals surface area (Å²) in [6.45, 7) is 8.20. The van der Waals surface area contributed by atoms with E-state index >= 15 is 0 Å². The third-order valence-corrected chi connectivity index (χ3v) is 2.16. The van der Waals surface area contributed by atoms with Crippen molar-refractivity contribution in [2.24, 2.45) is 0 Å². The van der Waals surface area contributed by atoms with E-state index in [-0.39, 0.29) is 12.0 Å². The smallest absolute Gasteiger partial charge is 0.307 e. The number of carbonyl (C=O) groups is 1. The minimum Gasteiger partial charge on any atom is -0.466 e. The molecule has 0 aliphatic carbocycles. The van der Waals surface area contributed by atoms with E-state index in [2.05, 4.69) is 0 Å². The van der Waals surface area contributed by atoms with Crippen molar-refractivity contribution in [1.82, 2.24) is 4.90 Å². The van der Waals surface area contributed by atoms with Crippen LogP contribution in [0.25, 0.3) is 0 Å². The average Bonchev–Trinajstić information content (AvgIpc) is 2.00. The van der Waals surface area contributed by atoms with Gasteiger partial charge in [-0.2, -0.15) is 0 Å². The van der Waals surface area contributed by atoms with Crippen molar-refractivity contribution in [3.8, 4) is 0 Å². The monoisotopic (exact) mass is 217 g/mol. The van der Waals surface area contributed by atoms with Gasteiger partial charge in [0.1, 0.15) is 0 Å². The van der Waals surface area contributed by atoms with E-state index in [0.29, 0.717) is 19.6 Å². The Hall–Kier alpha value is -0.610. The van der Waals surface area contributed by atoms with Gasteiger partial charge in [-0.25, -0.2) is 0 Å². The molecule has 4 nitrogen and oxygen atoms in total. The Labute approximate surface area is 92.2 Å². The van der Waals surface area contributed by atoms with E-state index in [9.17, 15) is 9.90 Å². The van der Waals surface area contributed by atoms with E-state index in [4.69, 9.17) is 4.74 Å². The lowest BCUT2D eigenvalue weighted by Crippen LogP contribution is -2.41. The summed E-state index contributed by atoms with van der Waals surface area (Å²) in [7, 11) is 1.89. The molecule has 0 radical (unpaired) electrons. The molecule has 0 aliphatic heterocycles. The van der Waals surface area contributed by atoms with Crippen LogP contribution in [-0.4, -0.2) is 47.8 Å². The highest BCUT2D eigenvalue weighted by Crippen LogP contribution is 2.09. The first-order valence-corrected chi connectivity index (χ1v) is 5.34. The molecule has 0 saturated carbocycles. The Balaban J connectivity index is 3.99. The molecule has 0 heterocycles. The predicted molar refractivity (Wildman–Crippen MR) is 59.6 cm³/mol. The van der Waals surface area contributed by atoms with Crippen LogP contribution >= 0.6 is 0 Å². The van der Waals surface area contributed by atoms with E-state index in [1.54, 1.807) is 20.8 Å². The zero-order chi connectivity index (χ0) is 12.1. The molecule has 0 rings (SSSR count). The second-order valence-corrected chi connectivity index (χ2v) is 4.59. The molecule has 1 N–H and O–H groups in total. The number of hydrogen-bond donors (Lipinski definition) is 1. The topological polar surface area (TPSA) is 49.8 Å². The van der Waals surface area contributed by atoms with E-state index in [1.165, 1.54) is 0 Å². The van der Waals surface area contributed by atoms with Gasteiger partial charge in [0.05, 0.1) is 18.6 Å². The Kier molecular flexibility index (Phi) is 5.83. The van der Waals surface area contributed by atoms with Crippen molar-refractivity contribution in [3.63, 3.8) is 0 Å². The summed E-state index contributed by atoms with van der Waals surface area (Å²) >= 11 is 0. The van der Waals surface area contributed by atoms with Crippen molar-refractivity contribution in [3.05, 3.63) is 0 Å². The van der Waals surface area contributed by atoms with E-state index < -0.39 is 5.60 Å². The molecule has 90 valence electrons. The summed E-state index contributed by atoms with van der Waals surface area (Å²) in [6, 6.07) is 0.0791. The van der Waals surface area contributed by atoms with Gasteiger partial charge in [0.15, 0.2) is 0 Å². The summed E-state index contributed by atoms with van der Waals surface area (Å²) in [6.07, 6.45) is 0.362. The second kappa shape index (κ2) is 6.08. The van der Waals surface area contributed by atoms with Crippen LogP contribution in [0.5, 0.6) is 0 Å². The van der Waals surface area contributed by atoms with Gasteiger partial charge in [-0.05, 0) is 34.7 Å². The maximum absolute atomic E-state index is 11.2. The van der Waals surface area contributed by atoms with Crippen molar-refractivity contribution in [1.29, 1.82) is 0 Å². The fraction of sp³-hybridized carbons (Fsp3) is 0.909. The van der Waals surface area contributed by atoms with Gasteiger partial charge in [-0.15, -0.1) is 0 Å². The lowest BCUT2D eigenvalue weighted by Gasteiger charge is -2.29. The van der Waals surface area contributed by atoms with Crippen LogP contribution in [0.3, 0.4) is 0 Å². The van der Waals surface area contributed by atoms with Crippen molar-refractivity contribution in [2.75, 3.05) is 20.2 Å². The lowest BCUT2D eigenvalue weighted by molar-refractivity contribution is -0.144. The first-order valence-electron chi connectivity index (χ1n) is 5.34. The fourth-order valence-corrected chi connectivity index (χ4v) is 1.38. The summed E-state index contributed by atoms with van der Waals surface area (Å²) in [5, 5.41) is 9.62. The molecule has 15 heavy (non-hydrogen) atoms. The van der Waals surface area contributed by atoms with Crippen molar-refractivity contribution in [2.45, 2.75) is 45.8 Å². The molecule has 4 heteroatoms. The third-order valence-electron chi connectivity index (χ3n) is 2.16. The molecule has 0 amide bonds. The summed E-state index contributed by atoms with van der Waals surface area (Å²) < 4.78 is 4.86. The molecule has 0 aromatic carbocycles. The number of ether oxygens (including phenoxy) is 1. The minimum atomic E-state index is -0.738. The van der Waals surface area contributed by atoms with Gasteiger partial charge < -0.3 is 14.7 Å². The molecular weight excluding hydrogens is 194 g/mol. The average molecular weight is 217 g/mol. The van der Waals surface area contributed by atoms with Gasteiger partial charge in [-0.1, -0.05) is 0 Å². The van der Waals surface area contributed by atoms with Gasteiger partial charge in [0, 0.05) is 12.6 Å². The van der Waals surface area contributed by atoms with Gasteiger partial charge in [0.25, 0.3) is 0 Å². The summed E-state index contributed by atoms with van der Waals surface area (Å²) in [4.78, 5) is 13.2. The zero-order valence-electron chi connectivity index (χ0n) is 10.4. The normalized spacial score (nSPS) is 14.1. The quantitative estimate of drug-likeness (QED) is 0.675. The largest absolute Gasteiger partial charge is 0.466 e. The van der Waals surface area contributed by atoms with Gasteiger partial charge >= 0.3 is 5.97 Å². The number of rotatable bonds is 6. The minimum absolute atomic E-state index is 0.0791. The van der Waals surface area contributed by atoms with E-state index in [0.717, 1.165) is 0 Å². The molecule has 0 aromatic heterocycles. The van der Waals surface area contributed by atoms with Crippen LogP contribution in [-0.2, 0) is 9.53 Å². The van der Waals surface area contributed by atoms with Gasteiger partial charge in [-0.3, -0.25) is 4.79 Å². The van der Waals surface area contributed by atoms with Crippen LogP contribution in [0.15, 0.2) is 0 Å². The molecule has 1 unspecified atom stereocenters.